The highest BCUT2D eigenvalue weighted by Gasteiger charge is 2.34. The Hall–Kier alpha value is -2.41. The second kappa shape index (κ2) is 8.73. The topological polar surface area (TPSA) is 56.8 Å². The van der Waals surface area contributed by atoms with Gasteiger partial charge >= 0.3 is 0 Å². The highest BCUT2D eigenvalue weighted by atomic mass is 16.5. The van der Waals surface area contributed by atoms with Crippen molar-refractivity contribution in [2.45, 2.75) is 25.0 Å². The number of carbonyl (C=O) groups is 1. The molecule has 6 nitrogen and oxygen atoms in total. The van der Waals surface area contributed by atoms with Gasteiger partial charge in [0.1, 0.15) is 11.8 Å². The van der Waals surface area contributed by atoms with Crippen LogP contribution >= 0.6 is 0 Å². The van der Waals surface area contributed by atoms with E-state index < -0.39 is 0 Å². The van der Waals surface area contributed by atoms with Gasteiger partial charge in [0.2, 0.25) is 5.91 Å². The third-order valence-electron chi connectivity index (χ3n) is 5.65. The van der Waals surface area contributed by atoms with E-state index in [0.717, 1.165) is 50.5 Å². The Labute approximate surface area is 166 Å². The normalized spacial score (nSPS) is 23.0. The number of methoxy groups -OCH3 is 1. The molecule has 0 radical (unpaired) electrons. The Kier molecular flexibility index (Phi) is 5.90. The molecule has 0 aliphatic carbocycles. The molecule has 2 aliphatic heterocycles. The molecule has 0 aromatic heterocycles. The molecule has 28 heavy (non-hydrogen) atoms. The zero-order valence-corrected chi connectivity index (χ0v) is 16.3. The van der Waals surface area contributed by atoms with Gasteiger partial charge in [0.05, 0.1) is 7.11 Å². The van der Waals surface area contributed by atoms with Gasteiger partial charge in [-0.15, -0.1) is 0 Å². The molecule has 2 N–H and O–H groups in total. The summed E-state index contributed by atoms with van der Waals surface area (Å²) in [7, 11) is 1.67. The Morgan fingerprint density at radius 2 is 1.71 bits per heavy atom. The van der Waals surface area contributed by atoms with Gasteiger partial charge in [-0.05, 0) is 29.7 Å². The summed E-state index contributed by atoms with van der Waals surface area (Å²) in [4.78, 5) is 17.3. The summed E-state index contributed by atoms with van der Waals surface area (Å²) in [6.07, 6.45) is 0.759. The fraction of sp³-hybridized carbons (Fsp3) is 0.409. The number of ether oxygens (including phenoxy) is 1. The predicted molar refractivity (Wildman–Crippen MR) is 109 cm³/mol. The predicted octanol–water partition coefficient (Wildman–Crippen LogP) is 1.95. The summed E-state index contributed by atoms with van der Waals surface area (Å²) in [6, 6.07) is 18.5. The molecule has 2 atom stereocenters. The summed E-state index contributed by atoms with van der Waals surface area (Å²) in [5.41, 5.74) is 8.96. The number of nitrogens with one attached hydrogen (secondary N) is 2. The average molecular weight is 380 g/mol. The van der Waals surface area contributed by atoms with Crippen molar-refractivity contribution >= 4 is 5.91 Å². The van der Waals surface area contributed by atoms with Crippen LogP contribution < -0.4 is 15.6 Å². The summed E-state index contributed by atoms with van der Waals surface area (Å²) >= 11 is 0. The van der Waals surface area contributed by atoms with Crippen molar-refractivity contribution in [1.82, 2.24) is 20.7 Å². The number of amides is 1. The minimum atomic E-state index is -0.173. The van der Waals surface area contributed by atoms with Crippen molar-refractivity contribution in [2.75, 3.05) is 33.3 Å². The maximum atomic E-state index is 12.9. The fourth-order valence-electron chi connectivity index (χ4n) is 3.96. The minimum Gasteiger partial charge on any atom is -0.497 e. The average Bonchev–Trinajstić information content (AvgIpc) is 3.25. The number of hydrogen-bond acceptors (Lipinski definition) is 5. The van der Waals surface area contributed by atoms with E-state index in [9.17, 15) is 4.79 Å². The van der Waals surface area contributed by atoms with Gasteiger partial charge in [0, 0.05) is 38.8 Å². The van der Waals surface area contributed by atoms with Crippen molar-refractivity contribution in [3.63, 3.8) is 0 Å². The van der Waals surface area contributed by atoms with Crippen molar-refractivity contribution in [1.29, 1.82) is 0 Å². The van der Waals surface area contributed by atoms with Crippen LogP contribution in [0.2, 0.25) is 0 Å². The number of benzene rings is 2. The highest BCUT2D eigenvalue weighted by molar-refractivity contribution is 5.82. The summed E-state index contributed by atoms with van der Waals surface area (Å²) < 4.78 is 5.22. The molecule has 6 heteroatoms. The van der Waals surface area contributed by atoms with E-state index in [1.807, 2.05) is 35.2 Å². The van der Waals surface area contributed by atoms with E-state index in [-0.39, 0.29) is 18.0 Å². The summed E-state index contributed by atoms with van der Waals surface area (Å²) in [5.74, 6) is 1.04. The van der Waals surface area contributed by atoms with Crippen LogP contribution in [0.15, 0.2) is 54.6 Å². The molecule has 2 aliphatic rings. The molecule has 0 saturated carbocycles. The van der Waals surface area contributed by atoms with Crippen molar-refractivity contribution in [2.24, 2.45) is 0 Å². The van der Waals surface area contributed by atoms with Gasteiger partial charge in [0.25, 0.3) is 0 Å². The first-order valence-electron chi connectivity index (χ1n) is 9.93. The van der Waals surface area contributed by atoms with Crippen LogP contribution in [0.3, 0.4) is 0 Å². The lowest BCUT2D eigenvalue weighted by Gasteiger charge is -2.35. The molecule has 2 saturated heterocycles. The molecule has 0 bridgehead atoms. The van der Waals surface area contributed by atoms with Crippen LogP contribution in [0.5, 0.6) is 5.75 Å². The first-order valence-corrected chi connectivity index (χ1v) is 9.93. The fourth-order valence-corrected chi connectivity index (χ4v) is 3.96. The van der Waals surface area contributed by atoms with E-state index in [4.69, 9.17) is 4.74 Å². The second-order valence-electron chi connectivity index (χ2n) is 7.49. The van der Waals surface area contributed by atoms with Crippen LogP contribution in [0.25, 0.3) is 0 Å². The van der Waals surface area contributed by atoms with E-state index in [0.29, 0.717) is 0 Å². The molecule has 2 heterocycles. The van der Waals surface area contributed by atoms with Gasteiger partial charge in [-0.2, -0.15) is 0 Å². The molecule has 1 amide bonds. The number of hydrogen-bond donors (Lipinski definition) is 2. The third kappa shape index (κ3) is 4.35. The molecular formula is C22H28N4O2. The van der Waals surface area contributed by atoms with Crippen molar-refractivity contribution in [3.8, 4) is 5.75 Å². The van der Waals surface area contributed by atoms with Crippen molar-refractivity contribution in [3.05, 3.63) is 65.7 Å². The highest BCUT2D eigenvalue weighted by Crippen LogP contribution is 2.25. The Balaban J connectivity index is 1.27. The number of hydrazine groups is 1. The molecular weight excluding hydrogens is 352 g/mol. The van der Waals surface area contributed by atoms with Crippen LogP contribution in [-0.2, 0) is 11.3 Å². The third-order valence-corrected chi connectivity index (χ3v) is 5.65. The smallest absolute Gasteiger partial charge is 0.241 e. The van der Waals surface area contributed by atoms with E-state index >= 15 is 0 Å². The van der Waals surface area contributed by atoms with Crippen molar-refractivity contribution < 1.29 is 9.53 Å². The molecule has 2 fully saturated rings. The molecule has 2 aromatic carbocycles. The first-order chi connectivity index (χ1) is 13.7. The second-order valence-corrected chi connectivity index (χ2v) is 7.49. The molecule has 0 spiro atoms. The van der Waals surface area contributed by atoms with Crippen LogP contribution in [-0.4, -0.2) is 55.0 Å². The number of rotatable bonds is 5. The Morgan fingerprint density at radius 1 is 1.00 bits per heavy atom. The van der Waals surface area contributed by atoms with E-state index in [1.54, 1.807) is 7.11 Å². The SMILES string of the molecule is COc1ccc(C2CC(C(=O)N3CCN(Cc4ccccc4)CC3)NN2)cc1. The van der Waals surface area contributed by atoms with Gasteiger partial charge in [-0.25, -0.2) is 10.9 Å². The lowest BCUT2D eigenvalue weighted by molar-refractivity contribution is -0.135. The molecule has 148 valence electrons. The molecule has 4 rings (SSSR count). The van der Waals surface area contributed by atoms with Gasteiger partial charge in [-0.3, -0.25) is 9.69 Å². The summed E-state index contributed by atoms with van der Waals surface area (Å²) in [5, 5.41) is 0. The maximum Gasteiger partial charge on any atom is 0.241 e. The van der Waals surface area contributed by atoms with Gasteiger partial charge in [-0.1, -0.05) is 42.5 Å². The molecule has 2 aromatic rings. The number of piperazine rings is 1. The first kappa shape index (κ1) is 18.9. The lowest BCUT2D eigenvalue weighted by atomic mass is 10.0. The number of carbonyl (C=O) groups excluding carboxylic acids is 1. The Bertz CT molecular complexity index is 773. The Morgan fingerprint density at radius 3 is 2.39 bits per heavy atom. The number of nitrogens with zero attached hydrogens (tertiary/aromatic N) is 2. The monoisotopic (exact) mass is 380 g/mol. The largest absolute Gasteiger partial charge is 0.497 e. The van der Waals surface area contributed by atoms with Crippen LogP contribution in [0, 0.1) is 0 Å². The van der Waals surface area contributed by atoms with Crippen LogP contribution in [0.4, 0.5) is 0 Å². The van der Waals surface area contributed by atoms with Crippen LogP contribution in [0.1, 0.15) is 23.6 Å². The zero-order valence-electron chi connectivity index (χ0n) is 16.3. The lowest BCUT2D eigenvalue weighted by Crippen LogP contribution is -2.53. The maximum absolute atomic E-state index is 12.9. The quantitative estimate of drug-likeness (QED) is 0.830. The van der Waals surface area contributed by atoms with Gasteiger partial charge in [0.15, 0.2) is 0 Å². The van der Waals surface area contributed by atoms with Gasteiger partial charge < -0.3 is 9.64 Å². The standard InChI is InChI=1S/C22H28N4O2/c1-28-19-9-7-18(8-10-19)20-15-21(24-23-20)22(27)26-13-11-25(12-14-26)16-17-5-3-2-4-6-17/h2-10,20-21,23-24H,11-16H2,1H3. The van der Waals surface area contributed by atoms with E-state index in [1.165, 1.54) is 5.56 Å². The molecule has 2 unspecified atom stereocenters. The van der Waals surface area contributed by atoms with E-state index in [2.05, 4.69) is 40.0 Å². The zero-order chi connectivity index (χ0) is 19.3. The minimum absolute atomic E-state index is 0.138. The summed E-state index contributed by atoms with van der Waals surface area (Å²) in [6.45, 7) is 4.37.